The number of benzene rings is 1. The summed E-state index contributed by atoms with van der Waals surface area (Å²) >= 11 is 0. The molecule has 0 fully saturated rings. The third kappa shape index (κ3) is 1.57. The van der Waals surface area contributed by atoms with Crippen LogP contribution in [0.25, 0.3) is 0 Å². The van der Waals surface area contributed by atoms with Crippen molar-refractivity contribution in [1.29, 1.82) is 5.26 Å². The maximum absolute atomic E-state index is 8.54. The van der Waals surface area contributed by atoms with Crippen LogP contribution in [0.4, 0.5) is 5.69 Å². The van der Waals surface area contributed by atoms with Gasteiger partial charge in [0.2, 0.25) is 0 Å². The average molecular weight is 160 g/mol. The monoisotopic (exact) mass is 160 g/mol. The third-order valence-electron chi connectivity index (χ3n) is 1.97. The van der Waals surface area contributed by atoms with Gasteiger partial charge in [0.25, 0.3) is 0 Å². The smallest absolute Gasteiger partial charge is 0.0669 e. The Morgan fingerprint density at radius 1 is 1.42 bits per heavy atom. The molecule has 0 saturated carbocycles. The number of nitrogens with zero attached hydrogens (tertiary/aromatic N) is 1. The molecule has 1 rings (SSSR count). The first kappa shape index (κ1) is 8.61. The van der Waals surface area contributed by atoms with Gasteiger partial charge < -0.3 is 5.73 Å². The standard InChI is InChI=1S/C10H12N2/c1-7-5-9(3-4-11)8(2)10(12)6-7/h5-6H,3,12H2,1-2H3. The van der Waals surface area contributed by atoms with Gasteiger partial charge in [-0.15, -0.1) is 0 Å². The molecule has 12 heavy (non-hydrogen) atoms. The molecule has 2 nitrogen and oxygen atoms in total. The number of anilines is 1. The second kappa shape index (κ2) is 3.27. The molecule has 0 aromatic heterocycles. The Bertz CT molecular complexity index is 334. The lowest BCUT2D eigenvalue weighted by Gasteiger charge is -2.06. The Balaban J connectivity index is 3.20. The van der Waals surface area contributed by atoms with Crippen LogP contribution in [0.2, 0.25) is 0 Å². The Labute approximate surface area is 72.6 Å². The fourth-order valence-electron chi connectivity index (χ4n) is 1.23. The summed E-state index contributed by atoms with van der Waals surface area (Å²) in [6, 6.07) is 6.06. The van der Waals surface area contributed by atoms with Crippen molar-refractivity contribution in [3.63, 3.8) is 0 Å². The van der Waals surface area contributed by atoms with E-state index in [9.17, 15) is 0 Å². The molecule has 0 aliphatic rings. The van der Waals surface area contributed by atoms with Gasteiger partial charge in [0.15, 0.2) is 0 Å². The van der Waals surface area contributed by atoms with Crippen LogP contribution in [0.3, 0.4) is 0 Å². The predicted molar refractivity (Wildman–Crippen MR) is 49.6 cm³/mol. The van der Waals surface area contributed by atoms with Gasteiger partial charge >= 0.3 is 0 Å². The van der Waals surface area contributed by atoms with E-state index in [-0.39, 0.29) is 0 Å². The normalized spacial score (nSPS) is 9.42. The van der Waals surface area contributed by atoms with E-state index < -0.39 is 0 Å². The summed E-state index contributed by atoms with van der Waals surface area (Å²) in [5.41, 5.74) is 9.70. The van der Waals surface area contributed by atoms with Crippen LogP contribution >= 0.6 is 0 Å². The van der Waals surface area contributed by atoms with E-state index in [1.54, 1.807) is 0 Å². The number of hydrogen-bond acceptors (Lipinski definition) is 2. The van der Waals surface area contributed by atoms with Crippen molar-refractivity contribution in [2.24, 2.45) is 0 Å². The molecule has 0 heterocycles. The van der Waals surface area contributed by atoms with Crippen molar-refractivity contribution in [2.45, 2.75) is 20.3 Å². The minimum absolute atomic E-state index is 0.442. The topological polar surface area (TPSA) is 49.8 Å². The summed E-state index contributed by atoms with van der Waals surface area (Å²) in [5.74, 6) is 0. The number of rotatable bonds is 1. The van der Waals surface area contributed by atoms with Gasteiger partial charge in [0, 0.05) is 5.69 Å². The zero-order chi connectivity index (χ0) is 9.14. The van der Waals surface area contributed by atoms with E-state index in [1.165, 1.54) is 0 Å². The molecule has 0 atom stereocenters. The van der Waals surface area contributed by atoms with Crippen molar-refractivity contribution >= 4 is 5.69 Å². The van der Waals surface area contributed by atoms with Crippen LogP contribution in [0, 0.1) is 25.2 Å². The van der Waals surface area contributed by atoms with E-state index in [1.807, 2.05) is 26.0 Å². The van der Waals surface area contributed by atoms with E-state index in [4.69, 9.17) is 11.0 Å². The second-order valence-corrected chi connectivity index (χ2v) is 2.97. The van der Waals surface area contributed by atoms with E-state index in [0.29, 0.717) is 6.42 Å². The molecule has 1 aromatic carbocycles. The predicted octanol–water partition coefficient (Wildman–Crippen LogP) is 1.95. The fourth-order valence-corrected chi connectivity index (χ4v) is 1.23. The van der Waals surface area contributed by atoms with Crippen LogP contribution in [-0.2, 0) is 6.42 Å². The fraction of sp³-hybridized carbons (Fsp3) is 0.300. The van der Waals surface area contributed by atoms with Gasteiger partial charge in [0.1, 0.15) is 0 Å². The largest absolute Gasteiger partial charge is 0.398 e. The maximum Gasteiger partial charge on any atom is 0.0669 e. The minimum atomic E-state index is 0.442. The highest BCUT2D eigenvalue weighted by Gasteiger charge is 2.01. The highest BCUT2D eigenvalue weighted by molar-refractivity contribution is 5.53. The van der Waals surface area contributed by atoms with E-state index >= 15 is 0 Å². The van der Waals surface area contributed by atoms with Gasteiger partial charge in [-0.05, 0) is 36.6 Å². The molecular weight excluding hydrogens is 148 g/mol. The second-order valence-electron chi connectivity index (χ2n) is 2.97. The molecule has 1 aromatic rings. The summed E-state index contributed by atoms with van der Waals surface area (Å²) in [6.45, 7) is 3.93. The number of aryl methyl sites for hydroxylation is 1. The van der Waals surface area contributed by atoms with Gasteiger partial charge in [-0.1, -0.05) is 6.07 Å². The van der Waals surface area contributed by atoms with Gasteiger partial charge in [-0.25, -0.2) is 0 Å². The van der Waals surface area contributed by atoms with Gasteiger partial charge in [-0.2, -0.15) is 5.26 Å². The highest BCUT2D eigenvalue weighted by atomic mass is 14.6. The first-order chi connectivity index (χ1) is 5.65. The summed E-state index contributed by atoms with van der Waals surface area (Å²) in [6.07, 6.45) is 0.442. The van der Waals surface area contributed by atoms with Crippen molar-refractivity contribution in [3.8, 4) is 6.07 Å². The van der Waals surface area contributed by atoms with E-state index in [0.717, 1.165) is 22.4 Å². The molecule has 0 amide bonds. The molecule has 0 saturated heterocycles. The lowest BCUT2D eigenvalue weighted by Crippen LogP contribution is -1.96. The Hall–Kier alpha value is -1.49. The Kier molecular flexibility index (Phi) is 2.35. The lowest BCUT2D eigenvalue weighted by molar-refractivity contribution is 1.20. The molecule has 62 valence electrons. The van der Waals surface area contributed by atoms with Crippen molar-refractivity contribution < 1.29 is 0 Å². The molecule has 0 aliphatic heterocycles. The summed E-state index contributed by atoms with van der Waals surface area (Å²) in [4.78, 5) is 0. The summed E-state index contributed by atoms with van der Waals surface area (Å²) < 4.78 is 0. The van der Waals surface area contributed by atoms with Crippen LogP contribution in [0.15, 0.2) is 12.1 Å². The maximum atomic E-state index is 8.54. The average Bonchev–Trinajstić information content (AvgIpc) is 2.00. The van der Waals surface area contributed by atoms with Crippen LogP contribution in [0.5, 0.6) is 0 Å². The van der Waals surface area contributed by atoms with Crippen LogP contribution in [-0.4, -0.2) is 0 Å². The lowest BCUT2D eigenvalue weighted by atomic mass is 10.0. The molecule has 0 spiro atoms. The number of hydrogen-bond donors (Lipinski definition) is 1. The SMILES string of the molecule is Cc1cc(N)c(C)c(CC#N)c1. The zero-order valence-electron chi connectivity index (χ0n) is 7.39. The van der Waals surface area contributed by atoms with Crippen LogP contribution in [0.1, 0.15) is 16.7 Å². The van der Waals surface area contributed by atoms with Gasteiger partial charge in [-0.3, -0.25) is 0 Å². The molecule has 0 aliphatic carbocycles. The third-order valence-corrected chi connectivity index (χ3v) is 1.97. The molecular formula is C10H12N2. The first-order valence-electron chi connectivity index (χ1n) is 3.87. The molecule has 2 N–H and O–H groups in total. The summed E-state index contributed by atoms with van der Waals surface area (Å²) in [5, 5.41) is 8.54. The number of nitrogens with two attached hydrogens (primary N) is 1. The van der Waals surface area contributed by atoms with E-state index in [2.05, 4.69) is 6.07 Å². The quantitative estimate of drug-likeness (QED) is 0.638. The Morgan fingerprint density at radius 3 is 2.67 bits per heavy atom. The zero-order valence-corrected chi connectivity index (χ0v) is 7.39. The van der Waals surface area contributed by atoms with Crippen LogP contribution < -0.4 is 5.73 Å². The molecule has 0 radical (unpaired) electrons. The highest BCUT2D eigenvalue weighted by Crippen LogP contribution is 2.18. The number of nitriles is 1. The van der Waals surface area contributed by atoms with Crippen molar-refractivity contribution in [1.82, 2.24) is 0 Å². The summed E-state index contributed by atoms with van der Waals surface area (Å²) in [7, 11) is 0. The van der Waals surface area contributed by atoms with Crippen molar-refractivity contribution in [2.75, 3.05) is 5.73 Å². The molecule has 0 unspecified atom stereocenters. The molecule has 0 bridgehead atoms. The molecule has 2 heteroatoms. The van der Waals surface area contributed by atoms with Crippen molar-refractivity contribution in [3.05, 3.63) is 28.8 Å². The minimum Gasteiger partial charge on any atom is -0.398 e. The van der Waals surface area contributed by atoms with Gasteiger partial charge in [0.05, 0.1) is 12.5 Å². The number of nitrogen functional groups attached to an aromatic ring is 1. The first-order valence-corrected chi connectivity index (χ1v) is 3.87. The Morgan fingerprint density at radius 2 is 2.08 bits per heavy atom.